The number of phenolic OH excluding ortho intramolecular Hbond substituents is 1. The van der Waals surface area contributed by atoms with E-state index in [1.54, 1.807) is 24.3 Å². The lowest BCUT2D eigenvalue weighted by Gasteiger charge is -2.04. The van der Waals surface area contributed by atoms with E-state index >= 15 is 0 Å². The fourth-order valence-electron chi connectivity index (χ4n) is 2.58. The van der Waals surface area contributed by atoms with E-state index in [-0.39, 0.29) is 18.2 Å². The van der Waals surface area contributed by atoms with Gasteiger partial charge in [0.05, 0.1) is 5.69 Å². The average Bonchev–Trinajstić information content (AvgIpc) is 2.79. The number of benzene rings is 2. The lowest BCUT2D eigenvalue weighted by Crippen LogP contribution is -2.13. The molecule has 1 aliphatic heterocycles. The van der Waals surface area contributed by atoms with Crippen LogP contribution in [0.5, 0.6) is 5.75 Å². The molecule has 2 aromatic carbocycles. The van der Waals surface area contributed by atoms with Crippen molar-refractivity contribution in [2.24, 2.45) is 4.99 Å². The number of carbonyl (C=O) groups is 1. The summed E-state index contributed by atoms with van der Waals surface area (Å²) in [5, 5.41) is 13.1. The Morgan fingerprint density at radius 1 is 1.09 bits per heavy atom. The van der Waals surface area contributed by atoms with E-state index < -0.39 is 0 Å². The van der Waals surface area contributed by atoms with Gasteiger partial charge in [-0.15, -0.1) is 0 Å². The van der Waals surface area contributed by atoms with Crippen molar-refractivity contribution >= 4 is 28.3 Å². The van der Waals surface area contributed by atoms with Crippen molar-refractivity contribution in [3.05, 3.63) is 59.9 Å². The second-order valence-electron chi connectivity index (χ2n) is 5.06. The number of hydrogen-bond acceptors (Lipinski definition) is 4. The molecule has 0 fully saturated rings. The van der Waals surface area contributed by atoms with Crippen molar-refractivity contribution in [1.29, 1.82) is 0 Å². The van der Waals surface area contributed by atoms with Crippen molar-refractivity contribution < 1.29 is 14.3 Å². The molecule has 1 aliphatic rings. The van der Waals surface area contributed by atoms with Gasteiger partial charge in [-0.2, -0.15) is 0 Å². The highest BCUT2D eigenvalue weighted by Crippen LogP contribution is 2.34. The fraction of sp³-hybridized carbons (Fsp3) is 0.0588. The Balaban J connectivity index is 1.97. The van der Waals surface area contributed by atoms with Gasteiger partial charge >= 0.3 is 0 Å². The number of furan rings is 1. The summed E-state index contributed by atoms with van der Waals surface area (Å²) in [6.45, 7) is 0.0364. The number of nitrogens with one attached hydrogen (secondary N) is 1. The van der Waals surface area contributed by atoms with Crippen LogP contribution in [0.15, 0.2) is 57.9 Å². The molecule has 0 spiro atoms. The SMILES string of the molecule is O=C1CN=C(c2ccc(O)cc2)c2oc3ccccc3c2N1. The monoisotopic (exact) mass is 292 g/mol. The van der Waals surface area contributed by atoms with Crippen LogP contribution in [0, 0.1) is 0 Å². The second-order valence-corrected chi connectivity index (χ2v) is 5.06. The van der Waals surface area contributed by atoms with Crippen LogP contribution in [-0.4, -0.2) is 23.3 Å². The minimum atomic E-state index is -0.179. The lowest BCUT2D eigenvalue weighted by atomic mass is 10.1. The van der Waals surface area contributed by atoms with E-state index in [1.807, 2.05) is 24.3 Å². The Kier molecular flexibility index (Phi) is 2.72. The first-order valence-electron chi connectivity index (χ1n) is 6.88. The van der Waals surface area contributed by atoms with Gasteiger partial charge in [0.2, 0.25) is 5.91 Å². The molecule has 5 heteroatoms. The van der Waals surface area contributed by atoms with Crippen LogP contribution in [-0.2, 0) is 4.79 Å². The summed E-state index contributed by atoms with van der Waals surface area (Å²) in [7, 11) is 0. The summed E-state index contributed by atoms with van der Waals surface area (Å²) in [5.41, 5.74) is 2.73. The number of hydrogen-bond donors (Lipinski definition) is 2. The maximum absolute atomic E-state index is 11.9. The molecule has 1 aromatic heterocycles. The zero-order chi connectivity index (χ0) is 15.1. The average molecular weight is 292 g/mol. The standard InChI is InChI=1S/C17H12N2O3/c20-11-7-5-10(6-8-11)15-17-16(19-14(21)9-18-15)12-3-1-2-4-13(12)22-17/h1-8,20H,9H2,(H,19,21). The van der Waals surface area contributed by atoms with Gasteiger partial charge in [0.15, 0.2) is 5.76 Å². The largest absolute Gasteiger partial charge is 0.508 e. The Labute approximate surface area is 125 Å². The Morgan fingerprint density at radius 3 is 2.68 bits per heavy atom. The quantitative estimate of drug-likeness (QED) is 0.724. The lowest BCUT2D eigenvalue weighted by molar-refractivity contribution is -0.114. The number of aliphatic imine (C=N–C) groups is 1. The molecule has 0 saturated heterocycles. The molecule has 2 N–H and O–H groups in total. The van der Waals surface area contributed by atoms with E-state index in [0.717, 1.165) is 10.9 Å². The van der Waals surface area contributed by atoms with Crippen molar-refractivity contribution in [2.75, 3.05) is 11.9 Å². The molecule has 0 atom stereocenters. The van der Waals surface area contributed by atoms with Crippen molar-refractivity contribution in [1.82, 2.24) is 0 Å². The third-order valence-corrected chi connectivity index (χ3v) is 3.60. The molecule has 0 aliphatic carbocycles. The molecule has 22 heavy (non-hydrogen) atoms. The highest BCUT2D eigenvalue weighted by atomic mass is 16.3. The smallest absolute Gasteiger partial charge is 0.246 e. The molecule has 108 valence electrons. The summed E-state index contributed by atoms with van der Waals surface area (Å²) in [6, 6.07) is 14.2. The number of anilines is 1. The number of amides is 1. The minimum Gasteiger partial charge on any atom is -0.508 e. The van der Waals surface area contributed by atoms with Crippen molar-refractivity contribution in [3.63, 3.8) is 0 Å². The van der Waals surface area contributed by atoms with Crippen LogP contribution in [0.3, 0.4) is 0 Å². The molecule has 5 nitrogen and oxygen atoms in total. The van der Waals surface area contributed by atoms with Gasteiger partial charge in [-0.3, -0.25) is 9.79 Å². The topological polar surface area (TPSA) is 74.8 Å². The highest BCUT2D eigenvalue weighted by Gasteiger charge is 2.24. The number of nitrogens with zero attached hydrogens (tertiary/aromatic N) is 1. The summed E-state index contributed by atoms with van der Waals surface area (Å²) in [6.07, 6.45) is 0. The number of rotatable bonds is 1. The molecule has 0 saturated carbocycles. The van der Waals surface area contributed by atoms with Crippen LogP contribution in [0.25, 0.3) is 11.0 Å². The first kappa shape index (κ1) is 12.6. The first-order valence-corrected chi connectivity index (χ1v) is 6.88. The van der Waals surface area contributed by atoms with Crippen LogP contribution < -0.4 is 5.32 Å². The van der Waals surface area contributed by atoms with Crippen LogP contribution >= 0.6 is 0 Å². The maximum Gasteiger partial charge on any atom is 0.246 e. The van der Waals surface area contributed by atoms with Gasteiger partial charge in [0.1, 0.15) is 23.6 Å². The predicted molar refractivity (Wildman–Crippen MR) is 83.5 cm³/mol. The molecule has 1 amide bonds. The van der Waals surface area contributed by atoms with Crippen molar-refractivity contribution in [3.8, 4) is 5.75 Å². The van der Waals surface area contributed by atoms with E-state index in [4.69, 9.17) is 4.42 Å². The van der Waals surface area contributed by atoms with E-state index in [9.17, 15) is 9.90 Å². The number of para-hydroxylation sites is 1. The first-order chi connectivity index (χ1) is 10.7. The zero-order valence-electron chi connectivity index (χ0n) is 11.5. The molecule has 2 heterocycles. The van der Waals surface area contributed by atoms with Gasteiger partial charge in [-0.05, 0) is 36.4 Å². The number of aromatic hydroxyl groups is 1. The molecule has 3 aromatic rings. The van der Waals surface area contributed by atoms with E-state index in [1.165, 1.54) is 0 Å². The summed E-state index contributed by atoms with van der Waals surface area (Å²) in [5.74, 6) is 0.538. The highest BCUT2D eigenvalue weighted by molar-refractivity contribution is 6.21. The number of fused-ring (bicyclic) bond motifs is 3. The predicted octanol–water partition coefficient (Wildman–Crippen LogP) is 2.93. The van der Waals surface area contributed by atoms with Gasteiger partial charge in [0.25, 0.3) is 0 Å². The number of phenols is 1. The Hall–Kier alpha value is -3.08. The molecule has 0 unspecified atom stereocenters. The van der Waals surface area contributed by atoms with Gasteiger partial charge < -0.3 is 14.8 Å². The van der Waals surface area contributed by atoms with Crippen molar-refractivity contribution in [2.45, 2.75) is 0 Å². The van der Waals surface area contributed by atoms with Crippen LogP contribution in [0.4, 0.5) is 5.69 Å². The summed E-state index contributed by atoms with van der Waals surface area (Å²) < 4.78 is 5.91. The third-order valence-electron chi connectivity index (χ3n) is 3.60. The van der Waals surface area contributed by atoms with E-state index in [2.05, 4.69) is 10.3 Å². The summed E-state index contributed by atoms with van der Waals surface area (Å²) >= 11 is 0. The Morgan fingerprint density at radius 2 is 1.86 bits per heavy atom. The maximum atomic E-state index is 11.9. The number of carbonyl (C=O) groups excluding carboxylic acids is 1. The van der Waals surface area contributed by atoms with Gasteiger partial charge in [-0.25, -0.2) is 0 Å². The second kappa shape index (κ2) is 4.73. The molecular weight excluding hydrogens is 280 g/mol. The van der Waals surface area contributed by atoms with Crippen LogP contribution in [0.2, 0.25) is 0 Å². The van der Waals surface area contributed by atoms with Gasteiger partial charge in [0, 0.05) is 10.9 Å². The Bertz CT molecular complexity index is 907. The minimum absolute atomic E-state index is 0.0364. The molecule has 0 radical (unpaired) electrons. The van der Waals surface area contributed by atoms with Crippen LogP contribution in [0.1, 0.15) is 11.3 Å². The fourth-order valence-corrected chi connectivity index (χ4v) is 2.58. The van der Waals surface area contributed by atoms with Gasteiger partial charge in [-0.1, -0.05) is 12.1 Å². The van der Waals surface area contributed by atoms with E-state index in [0.29, 0.717) is 22.7 Å². The third kappa shape index (κ3) is 1.95. The molecule has 4 rings (SSSR count). The summed E-state index contributed by atoms with van der Waals surface area (Å²) in [4.78, 5) is 16.3. The normalized spacial score (nSPS) is 14.2. The molecular formula is C17H12N2O3. The molecule has 0 bridgehead atoms. The zero-order valence-corrected chi connectivity index (χ0v) is 11.5.